The molecule has 3 aromatic rings. The molecule has 1 unspecified atom stereocenters. The molecular formula is C47H53N7O15S. The minimum absolute atomic E-state index is 0.0505. The van der Waals surface area contributed by atoms with Crippen LogP contribution in [-0.2, 0) is 53.1 Å². The fourth-order valence-electron chi connectivity index (χ4n) is 9.39. The summed E-state index contributed by atoms with van der Waals surface area (Å²) >= 11 is 1.28. The monoisotopic (exact) mass is 987 g/mol. The van der Waals surface area contributed by atoms with E-state index in [0.717, 1.165) is 31.4 Å². The Balaban J connectivity index is 1.09. The Morgan fingerprint density at radius 1 is 0.786 bits per heavy atom. The lowest BCUT2D eigenvalue weighted by Gasteiger charge is -2.47. The van der Waals surface area contributed by atoms with Gasteiger partial charge in [0.2, 0.25) is 11.8 Å². The molecule has 0 aliphatic carbocycles. The Kier molecular flexibility index (Phi) is 16.1. The molecule has 0 N–H and O–H groups in total. The topological polar surface area (TPSA) is 265 Å². The molecule has 22 nitrogen and oxygen atoms in total. The van der Waals surface area contributed by atoms with Crippen molar-refractivity contribution in [3.8, 4) is 0 Å². The molecule has 4 heterocycles. The van der Waals surface area contributed by atoms with Gasteiger partial charge in [0, 0.05) is 78.7 Å². The van der Waals surface area contributed by atoms with Crippen LogP contribution in [0.4, 0.5) is 26.7 Å². The van der Waals surface area contributed by atoms with Crippen molar-refractivity contribution in [2.24, 2.45) is 17.8 Å². The molecule has 4 aliphatic heterocycles. The Bertz CT molecular complexity index is 2520. The number of fused-ring (bicyclic) bond motifs is 1. The summed E-state index contributed by atoms with van der Waals surface area (Å²) in [6, 6.07) is 15.4. The van der Waals surface area contributed by atoms with Gasteiger partial charge in [-0.15, -0.1) is 11.8 Å². The van der Waals surface area contributed by atoms with Crippen molar-refractivity contribution in [2.75, 3.05) is 40.3 Å². The van der Waals surface area contributed by atoms with E-state index >= 15 is 0 Å². The lowest BCUT2D eigenvalue weighted by molar-refractivity contribution is -0.385. The van der Waals surface area contributed by atoms with E-state index in [4.69, 9.17) is 18.9 Å². The first-order chi connectivity index (χ1) is 33.4. The summed E-state index contributed by atoms with van der Waals surface area (Å²) in [7, 11) is 4.06. The van der Waals surface area contributed by atoms with E-state index in [-0.39, 0.29) is 47.1 Å². The van der Waals surface area contributed by atoms with Crippen LogP contribution in [0.15, 0.2) is 83.4 Å². The molecule has 70 heavy (non-hydrogen) atoms. The largest absolute Gasteiger partial charge is 0.516 e. The molecule has 7 rings (SSSR count). The molecule has 3 aromatic carbocycles. The van der Waals surface area contributed by atoms with Gasteiger partial charge in [0.05, 0.1) is 32.8 Å². The number of nitrogens with zero attached hydrogens (tertiary/aromatic N) is 7. The van der Waals surface area contributed by atoms with Gasteiger partial charge in [-0.2, -0.15) is 0 Å². The van der Waals surface area contributed by atoms with Crippen molar-refractivity contribution >= 4 is 58.9 Å². The van der Waals surface area contributed by atoms with E-state index in [1.807, 2.05) is 23.9 Å². The molecule has 0 spiro atoms. The number of hydrogen-bond donors (Lipinski definition) is 0. The maximum atomic E-state index is 14.5. The summed E-state index contributed by atoms with van der Waals surface area (Å²) in [4.78, 5) is 108. The highest BCUT2D eigenvalue weighted by atomic mass is 32.2. The van der Waals surface area contributed by atoms with Gasteiger partial charge in [0.1, 0.15) is 25.0 Å². The molecular weight excluding hydrogens is 935 g/mol. The van der Waals surface area contributed by atoms with Gasteiger partial charge in [-0.1, -0.05) is 19.1 Å². The summed E-state index contributed by atoms with van der Waals surface area (Å²) in [5.74, 6) is -2.88. The molecule has 0 bridgehead atoms. The van der Waals surface area contributed by atoms with E-state index in [1.54, 1.807) is 19.1 Å². The zero-order valence-electron chi connectivity index (χ0n) is 38.9. The number of β-lactam (4-membered cyclic amide) rings is 1. The molecule has 0 aromatic heterocycles. The SMILES string of the molecule is CC(OC(=O)OCc1ccc([N+](=O)[O-])cc1)[C@H]1C(=O)N2C(C(=O)OC(=O)OCc3ccc([N+](=O)[O-])cc3)=C(S[C@H]3C[C@@H](C(=O)N4CCC(CCN(C)C)CC4)N(Cc4ccc([N+](=O)[O-])cc4)C3)[C@H](C)[C@H]12. The average Bonchev–Trinajstić information content (AvgIpc) is 3.84. The van der Waals surface area contributed by atoms with E-state index in [9.17, 15) is 54.3 Å². The second-order valence-electron chi connectivity index (χ2n) is 18.1. The second kappa shape index (κ2) is 22.2. The number of nitro benzene ring substituents is 3. The third kappa shape index (κ3) is 11.9. The number of likely N-dealkylation sites (tertiary alicyclic amines) is 2. The standard InChI is InChI=1S/C47H53N7O15S/c1-28-40-39(29(2)68-46(58)66-26-32-7-13-35(14-8-32)53(62)63)44(56)51(40)41(45(57)69-47(59)67-27-33-9-15-36(16-10-33)54(64)65)42(28)70-37-23-38(43(55)49-21-18-30(19-22-49)17-20-48(3)4)50(25-37)24-31-5-11-34(12-6-31)52(60)61/h5-16,28-30,37-40H,17-27H2,1-4H3/t28-,29?,37+,38+,39-,40-/m1/s1. The van der Waals surface area contributed by atoms with E-state index in [2.05, 4.69) is 4.90 Å². The number of piperidine rings is 1. The van der Waals surface area contributed by atoms with E-state index < -0.39 is 69.0 Å². The highest BCUT2D eigenvalue weighted by molar-refractivity contribution is 8.03. The number of esters is 1. The average molecular weight is 988 g/mol. The van der Waals surface area contributed by atoms with Crippen LogP contribution >= 0.6 is 11.8 Å². The minimum atomic E-state index is -1.39. The number of nitro groups is 3. The maximum Gasteiger partial charge on any atom is 0.516 e. The number of non-ortho nitro benzene ring substituents is 3. The van der Waals surface area contributed by atoms with Gasteiger partial charge in [-0.05, 0) is 100 Å². The van der Waals surface area contributed by atoms with Crippen LogP contribution in [0.3, 0.4) is 0 Å². The van der Waals surface area contributed by atoms with Crippen LogP contribution in [-0.4, -0.2) is 128 Å². The quantitative estimate of drug-likeness (QED) is 0.0428. The molecule has 372 valence electrons. The number of thioether (sulfide) groups is 1. The summed E-state index contributed by atoms with van der Waals surface area (Å²) < 4.78 is 21.2. The highest BCUT2D eigenvalue weighted by Crippen LogP contribution is 2.53. The zero-order chi connectivity index (χ0) is 50.4. The van der Waals surface area contributed by atoms with Crippen molar-refractivity contribution < 1.29 is 57.7 Å². The van der Waals surface area contributed by atoms with Crippen LogP contribution in [0.1, 0.15) is 56.2 Å². The van der Waals surface area contributed by atoms with E-state index in [0.29, 0.717) is 54.5 Å². The van der Waals surface area contributed by atoms with Gasteiger partial charge < -0.3 is 33.6 Å². The lowest BCUT2D eigenvalue weighted by atomic mass is 9.79. The number of hydrogen-bond acceptors (Lipinski definition) is 18. The Labute approximate surface area is 406 Å². The first kappa shape index (κ1) is 50.9. The van der Waals surface area contributed by atoms with Gasteiger partial charge in [0.25, 0.3) is 17.1 Å². The fourth-order valence-corrected chi connectivity index (χ4v) is 10.9. The van der Waals surface area contributed by atoms with Crippen LogP contribution in [0.5, 0.6) is 0 Å². The summed E-state index contributed by atoms with van der Waals surface area (Å²) in [6.07, 6.45) is -0.454. The Hall–Kier alpha value is -6.98. The van der Waals surface area contributed by atoms with Gasteiger partial charge in [-0.25, -0.2) is 14.4 Å². The van der Waals surface area contributed by atoms with Crippen molar-refractivity contribution in [1.82, 2.24) is 19.6 Å². The predicted molar refractivity (Wildman–Crippen MR) is 249 cm³/mol. The summed E-state index contributed by atoms with van der Waals surface area (Å²) in [5.41, 5.74) is 0.973. The molecule has 2 amide bonds. The molecule has 3 fully saturated rings. The van der Waals surface area contributed by atoms with Crippen molar-refractivity contribution in [3.05, 3.63) is 130 Å². The van der Waals surface area contributed by atoms with Crippen molar-refractivity contribution in [3.63, 3.8) is 0 Å². The normalized spacial score (nSPS) is 21.7. The maximum absolute atomic E-state index is 14.5. The lowest BCUT2D eigenvalue weighted by Crippen LogP contribution is -2.64. The number of carbonyl (C=O) groups excluding carboxylic acids is 5. The van der Waals surface area contributed by atoms with Crippen molar-refractivity contribution in [2.45, 2.75) is 82.7 Å². The summed E-state index contributed by atoms with van der Waals surface area (Å²) in [6.45, 7) is 5.42. The van der Waals surface area contributed by atoms with Gasteiger partial charge >= 0.3 is 18.3 Å². The number of ether oxygens (including phenoxy) is 4. The van der Waals surface area contributed by atoms with Crippen molar-refractivity contribution in [1.29, 1.82) is 0 Å². The molecule has 3 saturated heterocycles. The van der Waals surface area contributed by atoms with Crippen LogP contribution in [0, 0.1) is 48.1 Å². The van der Waals surface area contributed by atoms with E-state index in [1.165, 1.54) is 84.2 Å². The highest BCUT2D eigenvalue weighted by Gasteiger charge is 2.62. The Morgan fingerprint density at radius 2 is 1.30 bits per heavy atom. The number of carbonyl (C=O) groups is 5. The van der Waals surface area contributed by atoms with Crippen LogP contribution < -0.4 is 0 Å². The van der Waals surface area contributed by atoms with Crippen LogP contribution in [0.25, 0.3) is 0 Å². The number of amides is 2. The second-order valence-corrected chi connectivity index (χ2v) is 19.4. The van der Waals surface area contributed by atoms with Crippen LogP contribution in [0.2, 0.25) is 0 Å². The first-order valence-electron chi connectivity index (χ1n) is 22.7. The first-order valence-corrected chi connectivity index (χ1v) is 23.6. The molecule has 0 radical (unpaired) electrons. The number of benzene rings is 3. The molecule has 4 aliphatic rings. The summed E-state index contributed by atoms with van der Waals surface area (Å²) in [5, 5.41) is 33.2. The van der Waals surface area contributed by atoms with Gasteiger partial charge in [-0.3, -0.25) is 44.8 Å². The number of rotatable bonds is 18. The zero-order valence-corrected chi connectivity index (χ0v) is 39.7. The third-order valence-electron chi connectivity index (χ3n) is 13.1. The third-order valence-corrected chi connectivity index (χ3v) is 14.6. The molecule has 6 atom stereocenters. The fraction of sp³-hybridized carbons (Fsp3) is 0.468. The smallest absolute Gasteiger partial charge is 0.430 e. The Morgan fingerprint density at radius 3 is 1.81 bits per heavy atom. The minimum Gasteiger partial charge on any atom is -0.430 e. The predicted octanol–water partition coefficient (Wildman–Crippen LogP) is 6.59. The molecule has 0 saturated carbocycles. The van der Waals surface area contributed by atoms with Gasteiger partial charge in [0.15, 0.2) is 0 Å². The molecule has 23 heteroatoms.